The normalized spacial score (nSPS) is 17.0. The molecule has 1 atom stereocenters. The molecule has 1 fully saturated rings. The number of rotatable bonds is 7. The quantitative estimate of drug-likeness (QED) is 0.732. The van der Waals surface area contributed by atoms with Gasteiger partial charge in [0.1, 0.15) is 5.82 Å². The van der Waals surface area contributed by atoms with E-state index < -0.39 is 0 Å². The molecule has 2 heterocycles. The van der Waals surface area contributed by atoms with Crippen molar-refractivity contribution in [3.63, 3.8) is 0 Å². The zero-order valence-corrected chi connectivity index (χ0v) is 14.5. The molecule has 0 aliphatic carbocycles. The summed E-state index contributed by atoms with van der Waals surface area (Å²) in [6, 6.07) is 5.80. The Hall–Kier alpha value is -1.71. The highest BCUT2D eigenvalue weighted by atomic mass is 32.2. The van der Waals surface area contributed by atoms with Crippen molar-refractivity contribution in [2.24, 2.45) is 0 Å². The number of nitrogens with zero attached hydrogens (tertiary/aromatic N) is 2. The van der Waals surface area contributed by atoms with E-state index in [-0.39, 0.29) is 23.6 Å². The lowest BCUT2D eigenvalue weighted by atomic mass is 10.2. The zero-order chi connectivity index (χ0) is 16.8. The summed E-state index contributed by atoms with van der Waals surface area (Å²) >= 11 is 2.70. The summed E-state index contributed by atoms with van der Waals surface area (Å²) < 4.78 is 19.3. The molecule has 24 heavy (non-hydrogen) atoms. The van der Waals surface area contributed by atoms with E-state index in [4.69, 9.17) is 4.74 Å². The molecule has 0 bridgehead atoms. The number of nitrogens with one attached hydrogen (secondary N) is 2. The molecule has 2 aromatic rings. The molecule has 1 amide bonds. The van der Waals surface area contributed by atoms with E-state index in [2.05, 4.69) is 20.8 Å². The molecule has 1 aliphatic rings. The van der Waals surface area contributed by atoms with Crippen molar-refractivity contribution in [3.05, 3.63) is 30.1 Å². The van der Waals surface area contributed by atoms with Crippen LogP contribution in [0.1, 0.15) is 12.8 Å². The Balaban J connectivity index is 1.42. The Morgan fingerprint density at radius 1 is 1.46 bits per heavy atom. The summed E-state index contributed by atoms with van der Waals surface area (Å²) in [5, 5.41) is 14.7. The first-order valence-corrected chi connectivity index (χ1v) is 9.36. The second-order valence-corrected chi connectivity index (χ2v) is 7.44. The van der Waals surface area contributed by atoms with Gasteiger partial charge in [0, 0.05) is 18.8 Å². The minimum atomic E-state index is -0.383. The molecule has 1 aliphatic heterocycles. The topological polar surface area (TPSA) is 76.1 Å². The number of ether oxygens (including phenoxy) is 1. The van der Waals surface area contributed by atoms with Crippen LogP contribution in [-0.2, 0) is 9.53 Å². The van der Waals surface area contributed by atoms with Crippen molar-refractivity contribution < 1.29 is 13.9 Å². The number of benzene rings is 1. The molecule has 3 rings (SSSR count). The third kappa shape index (κ3) is 5.15. The molecular formula is C15H17FN4O2S2. The smallest absolute Gasteiger partial charge is 0.234 e. The lowest BCUT2D eigenvalue weighted by molar-refractivity contribution is -0.113. The van der Waals surface area contributed by atoms with E-state index in [0.717, 1.165) is 31.1 Å². The van der Waals surface area contributed by atoms with E-state index in [1.165, 1.54) is 35.2 Å². The second-order valence-electron chi connectivity index (χ2n) is 5.24. The van der Waals surface area contributed by atoms with Gasteiger partial charge in [-0.15, -0.1) is 10.2 Å². The average Bonchev–Trinajstić information content (AvgIpc) is 3.23. The fourth-order valence-corrected chi connectivity index (χ4v) is 3.80. The van der Waals surface area contributed by atoms with E-state index in [1.807, 2.05) is 0 Å². The maximum atomic E-state index is 13.1. The van der Waals surface area contributed by atoms with Crippen LogP contribution in [0.5, 0.6) is 0 Å². The lowest BCUT2D eigenvalue weighted by Gasteiger charge is -2.08. The van der Waals surface area contributed by atoms with E-state index >= 15 is 0 Å². The third-order valence-corrected chi connectivity index (χ3v) is 5.36. The molecule has 0 saturated carbocycles. The van der Waals surface area contributed by atoms with Crippen LogP contribution in [0, 0.1) is 5.82 Å². The molecule has 1 aromatic heterocycles. The predicted molar refractivity (Wildman–Crippen MR) is 93.1 cm³/mol. The van der Waals surface area contributed by atoms with Gasteiger partial charge in [0.05, 0.1) is 11.9 Å². The number of aromatic nitrogens is 2. The molecule has 1 saturated heterocycles. The maximum absolute atomic E-state index is 13.1. The molecule has 1 aromatic carbocycles. The number of hydrogen-bond acceptors (Lipinski definition) is 7. The van der Waals surface area contributed by atoms with Crippen molar-refractivity contribution in [2.45, 2.75) is 23.3 Å². The second kappa shape index (κ2) is 8.41. The Kier molecular flexibility index (Phi) is 6.00. The van der Waals surface area contributed by atoms with Gasteiger partial charge in [0.15, 0.2) is 4.34 Å². The molecule has 0 unspecified atom stereocenters. The predicted octanol–water partition coefficient (Wildman–Crippen LogP) is 3.00. The SMILES string of the molecule is O=C(CSc1nnc(NC[C@H]2CCCO2)s1)Nc1cccc(F)c1. The molecule has 128 valence electrons. The van der Waals surface area contributed by atoms with Gasteiger partial charge >= 0.3 is 0 Å². The minimum absolute atomic E-state index is 0.191. The van der Waals surface area contributed by atoms with Gasteiger partial charge in [0.25, 0.3) is 0 Å². The van der Waals surface area contributed by atoms with Gasteiger partial charge in [-0.05, 0) is 31.0 Å². The largest absolute Gasteiger partial charge is 0.376 e. The van der Waals surface area contributed by atoms with E-state index in [0.29, 0.717) is 10.0 Å². The highest BCUT2D eigenvalue weighted by molar-refractivity contribution is 8.01. The molecule has 2 N–H and O–H groups in total. The van der Waals surface area contributed by atoms with Gasteiger partial charge in [-0.25, -0.2) is 4.39 Å². The number of halogens is 1. The summed E-state index contributed by atoms with van der Waals surface area (Å²) in [5.41, 5.74) is 0.441. The van der Waals surface area contributed by atoms with Gasteiger partial charge in [-0.1, -0.05) is 29.2 Å². The number of thioether (sulfide) groups is 1. The standard InChI is InChI=1S/C15H17FN4O2S2/c16-10-3-1-4-11(7-10)18-13(21)9-23-15-20-19-14(24-15)17-8-12-5-2-6-22-12/h1,3-4,7,12H,2,5-6,8-9H2,(H,17,19)(H,18,21)/t12-/m1/s1. The first-order valence-electron chi connectivity index (χ1n) is 7.56. The van der Waals surface area contributed by atoms with Crippen molar-refractivity contribution in [2.75, 3.05) is 29.5 Å². The van der Waals surface area contributed by atoms with Gasteiger partial charge in [0.2, 0.25) is 11.0 Å². The Morgan fingerprint density at radius 3 is 3.17 bits per heavy atom. The summed E-state index contributed by atoms with van der Waals surface area (Å²) in [7, 11) is 0. The lowest BCUT2D eigenvalue weighted by Crippen LogP contribution is -2.18. The Morgan fingerprint density at radius 2 is 2.38 bits per heavy atom. The van der Waals surface area contributed by atoms with Crippen molar-refractivity contribution >= 4 is 39.8 Å². The van der Waals surface area contributed by atoms with Gasteiger partial charge < -0.3 is 15.4 Å². The highest BCUT2D eigenvalue weighted by Crippen LogP contribution is 2.26. The minimum Gasteiger partial charge on any atom is -0.376 e. The molecule has 9 heteroatoms. The number of anilines is 2. The maximum Gasteiger partial charge on any atom is 0.234 e. The van der Waals surface area contributed by atoms with Crippen LogP contribution >= 0.6 is 23.1 Å². The van der Waals surface area contributed by atoms with Gasteiger partial charge in [-0.3, -0.25) is 4.79 Å². The summed E-state index contributed by atoms with van der Waals surface area (Å²) in [6.07, 6.45) is 2.40. The van der Waals surface area contributed by atoms with Crippen LogP contribution < -0.4 is 10.6 Å². The Bertz CT molecular complexity index is 692. The first kappa shape index (κ1) is 17.1. The zero-order valence-electron chi connectivity index (χ0n) is 12.8. The molecule has 0 radical (unpaired) electrons. The fourth-order valence-electron chi connectivity index (χ4n) is 2.24. The number of amides is 1. The van der Waals surface area contributed by atoms with Crippen LogP contribution in [0.25, 0.3) is 0 Å². The summed E-state index contributed by atoms with van der Waals surface area (Å²) in [6.45, 7) is 1.54. The van der Waals surface area contributed by atoms with Crippen LogP contribution in [-0.4, -0.2) is 41.1 Å². The van der Waals surface area contributed by atoms with E-state index in [9.17, 15) is 9.18 Å². The average molecular weight is 368 g/mol. The third-order valence-electron chi connectivity index (χ3n) is 3.35. The number of carbonyl (C=O) groups excluding carboxylic acids is 1. The van der Waals surface area contributed by atoms with Crippen molar-refractivity contribution in [1.29, 1.82) is 0 Å². The van der Waals surface area contributed by atoms with Crippen LogP contribution in [0.15, 0.2) is 28.6 Å². The van der Waals surface area contributed by atoms with Crippen LogP contribution in [0.2, 0.25) is 0 Å². The first-order chi connectivity index (χ1) is 11.7. The summed E-state index contributed by atoms with van der Waals surface area (Å²) in [4.78, 5) is 11.9. The van der Waals surface area contributed by atoms with Crippen LogP contribution in [0.3, 0.4) is 0 Å². The molecular weight excluding hydrogens is 351 g/mol. The Labute approximate surface area is 147 Å². The summed E-state index contributed by atoms with van der Waals surface area (Å²) in [5.74, 6) is -0.405. The monoisotopic (exact) mass is 368 g/mol. The fraction of sp³-hybridized carbons (Fsp3) is 0.400. The van der Waals surface area contributed by atoms with E-state index in [1.54, 1.807) is 12.1 Å². The molecule has 6 nitrogen and oxygen atoms in total. The van der Waals surface area contributed by atoms with Gasteiger partial charge in [-0.2, -0.15) is 0 Å². The highest BCUT2D eigenvalue weighted by Gasteiger charge is 2.16. The number of hydrogen-bond donors (Lipinski definition) is 2. The van der Waals surface area contributed by atoms with Crippen molar-refractivity contribution in [3.8, 4) is 0 Å². The van der Waals surface area contributed by atoms with Crippen molar-refractivity contribution in [1.82, 2.24) is 10.2 Å². The number of carbonyl (C=O) groups is 1. The molecule has 0 spiro atoms. The van der Waals surface area contributed by atoms with Crippen LogP contribution in [0.4, 0.5) is 15.2 Å².